The summed E-state index contributed by atoms with van der Waals surface area (Å²) in [4.78, 5) is 22.5. The summed E-state index contributed by atoms with van der Waals surface area (Å²) < 4.78 is 19.2. The predicted molar refractivity (Wildman–Crippen MR) is 66.5 cm³/mol. The Labute approximate surface area is 111 Å². The van der Waals surface area contributed by atoms with E-state index in [1.807, 2.05) is 6.92 Å². The van der Waals surface area contributed by atoms with Gasteiger partial charge in [-0.3, -0.25) is 0 Å². The van der Waals surface area contributed by atoms with E-state index in [1.54, 1.807) is 26.0 Å². The lowest BCUT2D eigenvalue weighted by Gasteiger charge is -2.10. The van der Waals surface area contributed by atoms with Crippen LogP contribution in [0.3, 0.4) is 0 Å². The molecule has 1 rings (SSSR count). The molecule has 0 unspecified atom stereocenters. The van der Waals surface area contributed by atoms with Crippen LogP contribution in [-0.4, -0.2) is 25.5 Å². The zero-order chi connectivity index (χ0) is 14.3. The topological polar surface area (TPSA) is 71.1 Å². The molecule has 0 heterocycles. The summed E-state index contributed by atoms with van der Waals surface area (Å²) in [5.41, 5.74) is 0.843. The maximum Gasteiger partial charge on any atom is 0.513 e. The van der Waals surface area contributed by atoms with E-state index in [2.05, 4.69) is 9.47 Å². The van der Waals surface area contributed by atoms with Gasteiger partial charge in [-0.25, -0.2) is 9.59 Å². The molecular formula is C13H16O6. The van der Waals surface area contributed by atoms with Crippen LogP contribution >= 0.6 is 0 Å². The molecule has 104 valence electrons. The first kappa shape index (κ1) is 14.8. The van der Waals surface area contributed by atoms with Crippen molar-refractivity contribution in [1.29, 1.82) is 0 Å². The highest BCUT2D eigenvalue weighted by Gasteiger charge is 2.15. The monoisotopic (exact) mass is 268 g/mol. The summed E-state index contributed by atoms with van der Waals surface area (Å²) in [6.07, 6.45) is -1.72. The highest BCUT2D eigenvalue weighted by atomic mass is 16.7. The minimum absolute atomic E-state index is 0.0945. The first-order valence-electron chi connectivity index (χ1n) is 5.86. The number of ether oxygens (including phenoxy) is 4. The van der Waals surface area contributed by atoms with E-state index in [0.29, 0.717) is 0 Å². The van der Waals surface area contributed by atoms with Gasteiger partial charge in [0.25, 0.3) is 0 Å². The molecule has 0 fully saturated rings. The van der Waals surface area contributed by atoms with Gasteiger partial charge in [-0.2, -0.15) is 0 Å². The number of benzene rings is 1. The summed E-state index contributed by atoms with van der Waals surface area (Å²) in [6.45, 7) is 5.52. The normalized spacial score (nSPS) is 9.63. The maximum atomic E-state index is 11.3. The third kappa shape index (κ3) is 4.87. The first-order chi connectivity index (χ1) is 9.06. The third-order valence-electron chi connectivity index (χ3n) is 2.01. The van der Waals surface area contributed by atoms with Crippen LogP contribution in [0.15, 0.2) is 18.2 Å². The Kier molecular flexibility index (Phi) is 5.66. The van der Waals surface area contributed by atoms with Crippen molar-refractivity contribution in [1.82, 2.24) is 0 Å². The number of hydrogen-bond donors (Lipinski definition) is 0. The van der Waals surface area contributed by atoms with E-state index in [4.69, 9.17) is 9.47 Å². The first-order valence-corrected chi connectivity index (χ1v) is 5.86. The van der Waals surface area contributed by atoms with Gasteiger partial charge in [-0.05, 0) is 38.5 Å². The van der Waals surface area contributed by atoms with Crippen LogP contribution in [-0.2, 0) is 9.47 Å². The summed E-state index contributed by atoms with van der Waals surface area (Å²) >= 11 is 0. The van der Waals surface area contributed by atoms with Gasteiger partial charge in [-0.15, -0.1) is 0 Å². The zero-order valence-corrected chi connectivity index (χ0v) is 11.1. The van der Waals surface area contributed by atoms with Crippen LogP contribution in [0.2, 0.25) is 0 Å². The van der Waals surface area contributed by atoms with Crippen molar-refractivity contribution < 1.29 is 28.5 Å². The van der Waals surface area contributed by atoms with E-state index in [0.717, 1.165) is 5.56 Å². The minimum Gasteiger partial charge on any atom is -0.434 e. The molecule has 0 aromatic heterocycles. The lowest BCUT2D eigenvalue weighted by atomic mass is 10.2. The van der Waals surface area contributed by atoms with Gasteiger partial charge in [0.1, 0.15) is 0 Å². The number of hydrogen-bond acceptors (Lipinski definition) is 6. The fraction of sp³-hybridized carbons (Fsp3) is 0.385. The summed E-state index contributed by atoms with van der Waals surface area (Å²) in [5, 5.41) is 0. The average Bonchev–Trinajstić information content (AvgIpc) is 2.33. The summed E-state index contributed by atoms with van der Waals surface area (Å²) in [5.74, 6) is 0.198. The number of carbonyl (C=O) groups excluding carboxylic acids is 2. The van der Waals surface area contributed by atoms with Gasteiger partial charge in [0, 0.05) is 0 Å². The maximum absolute atomic E-state index is 11.3. The molecule has 0 saturated carbocycles. The molecule has 1 aromatic rings. The second-order valence-corrected chi connectivity index (χ2v) is 3.52. The highest BCUT2D eigenvalue weighted by Crippen LogP contribution is 2.29. The third-order valence-corrected chi connectivity index (χ3v) is 2.01. The van der Waals surface area contributed by atoms with Gasteiger partial charge in [-0.1, -0.05) is 6.07 Å². The molecule has 1 aromatic carbocycles. The van der Waals surface area contributed by atoms with Gasteiger partial charge < -0.3 is 18.9 Å². The molecule has 0 aliphatic rings. The smallest absolute Gasteiger partial charge is 0.434 e. The van der Waals surface area contributed by atoms with E-state index >= 15 is 0 Å². The molecular weight excluding hydrogens is 252 g/mol. The second-order valence-electron chi connectivity index (χ2n) is 3.52. The minimum atomic E-state index is -0.861. The van der Waals surface area contributed by atoms with Gasteiger partial charge in [0.15, 0.2) is 11.5 Å². The van der Waals surface area contributed by atoms with Crippen molar-refractivity contribution in [3.05, 3.63) is 23.8 Å². The van der Waals surface area contributed by atoms with Crippen molar-refractivity contribution in [2.75, 3.05) is 13.2 Å². The zero-order valence-electron chi connectivity index (χ0n) is 11.1. The average molecular weight is 268 g/mol. The summed E-state index contributed by atoms with van der Waals surface area (Å²) in [6, 6.07) is 4.79. The fourth-order valence-corrected chi connectivity index (χ4v) is 1.25. The molecule has 6 nitrogen and oxygen atoms in total. The molecule has 0 aliphatic heterocycles. The molecule has 0 radical (unpaired) electrons. The van der Waals surface area contributed by atoms with Gasteiger partial charge in [0.2, 0.25) is 0 Å². The van der Waals surface area contributed by atoms with Crippen molar-refractivity contribution in [3.8, 4) is 11.5 Å². The van der Waals surface area contributed by atoms with Crippen LogP contribution in [0.1, 0.15) is 19.4 Å². The molecule has 19 heavy (non-hydrogen) atoms. The second kappa shape index (κ2) is 7.25. The number of carbonyl (C=O) groups is 2. The van der Waals surface area contributed by atoms with E-state index in [1.165, 1.54) is 6.07 Å². The van der Waals surface area contributed by atoms with Crippen molar-refractivity contribution in [3.63, 3.8) is 0 Å². The highest BCUT2D eigenvalue weighted by molar-refractivity contribution is 5.69. The quantitative estimate of drug-likeness (QED) is 0.617. The standard InChI is InChI=1S/C13H16O6/c1-4-16-12(14)18-10-7-6-9(3)8-11(10)19-13(15)17-5-2/h6-8H,4-5H2,1-3H3. The molecule has 6 heteroatoms. The van der Waals surface area contributed by atoms with E-state index < -0.39 is 12.3 Å². The van der Waals surface area contributed by atoms with Gasteiger partial charge in [0.05, 0.1) is 13.2 Å². The largest absolute Gasteiger partial charge is 0.513 e. The van der Waals surface area contributed by atoms with E-state index in [9.17, 15) is 9.59 Å². The SMILES string of the molecule is CCOC(=O)Oc1ccc(C)cc1OC(=O)OCC. The molecule has 0 amide bonds. The predicted octanol–water partition coefficient (Wildman–Crippen LogP) is 3.07. The van der Waals surface area contributed by atoms with Crippen LogP contribution in [0.4, 0.5) is 9.59 Å². The van der Waals surface area contributed by atoms with Gasteiger partial charge >= 0.3 is 12.3 Å². The number of rotatable bonds is 4. The Bertz CT molecular complexity index is 454. The molecule has 0 saturated heterocycles. The van der Waals surface area contributed by atoms with Crippen LogP contribution < -0.4 is 9.47 Å². The Morgan fingerprint density at radius 1 is 0.947 bits per heavy atom. The molecule has 0 atom stereocenters. The summed E-state index contributed by atoms with van der Waals surface area (Å²) in [7, 11) is 0. The molecule has 0 spiro atoms. The lowest BCUT2D eigenvalue weighted by Crippen LogP contribution is -2.14. The lowest BCUT2D eigenvalue weighted by molar-refractivity contribution is 0.0939. The van der Waals surface area contributed by atoms with Crippen molar-refractivity contribution in [2.24, 2.45) is 0 Å². The van der Waals surface area contributed by atoms with E-state index in [-0.39, 0.29) is 24.7 Å². The molecule has 0 bridgehead atoms. The fourth-order valence-electron chi connectivity index (χ4n) is 1.25. The number of aryl methyl sites for hydroxylation is 1. The van der Waals surface area contributed by atoms with Crippen LogP contribution in [0.25, 0.3) is 0 Å². The Morgan fingerprint density at radius 2 is 1.47 bits per heavy atom. The Hall–Kier alpha value is -2.24. The van der Waals surface area contributed by atoms with Crippen LogP contribution in [0.5, 0.6) is 11.5 Å². The molecule has 0 aliphatic carbocycles. The molecule has 0 N–H and O–H groups in total. The Balaban J connectivity index is 2.85. The van der Waals surface area contributed by atoms with Crippen LogP contribution in [0, 0.1) is 6.92 Å². The van der Waals surface area contributed by atoms with Crippen molar-refractivity contribution >= 4 is 12.3 Å². The Morgan fingerprint density at radius 3 is 2.00 bits per heavy atom. The van der Waals surface area contributed by atoms with Crippen molar-refractivity contribution in [2.45, 2.75) is 20.8 Å².